The Morgan fingerprint density at radius 3 is 2.41 bits per heavy atom. The molecule has 3 aliphatic rings. The molecule has 2 heterocycles. The van der Waals surface area contributed by atoms with Crippen molar-refractivity contribution in [1.29, 1.82) is 0 Å². The summed E-state index contributed by atoms with van der Waals surface area (Å²) >= 11 is 0. The van der Waals surface area contributed by atoms with Crippen molar-refractivity contribution in [3.8, 4) is 0 Å². The Morgan fingerprint density at radius 1 is 1.11 bits per heavy atom. The fraction of sp³-hybridized carbons (Fsp3) is 0.615. The van der Waals surface area contributed by atoms with E-state index in [9.17, 15) is 23.1 Å². The van der Waals surface area contributed by atoms with Crippen LogP contribution in [0.15, 0.2) is 41.4 Å². The molecule has 0 bridgehead atoms. The number of hydrogen-bond donors (Lipinski definition) is 2. The topological polar surface area (TPSA) is 134 Å². The van der Waals surface area contributed by atoms with E-state index >= 15 is 0 Å². The largest absolute Gasteiger partial charge is 0.391 e. The Balaban J connectivity index is 1.26. The number of nitrogens with one attached hydrogen (secondary N) is 1. The molecule has 2 aliphatic carbocycles. The molecule has 2 N–H and O–H groups in total. The van der Waals surface area contributed by atoms with Gasteiger partial charge in [-0.2, -0.15) is 0 Å². The summed E-state index contributed by atoms with van der Waals surface area (Å²) in [6.45, 7) is 5.88. The maximum Gasteiger partial charge on any atom is 0.248 e. The molecule has 3 atom stereocenters. The van der Waals surface area contributed by atoms with Crippen molar-refractivity contribution < 1.29 is 23.1 Å². The van der Waals surface area contributed by atoms with E-state index in [1.807, 2.05) is 27.0 Å². The molecule has 1 aromatic carbocycles. The van der Waals surface area contributed by atoms with Crippen molar-refractivity contribution in [2.75, 3.05) is 6.54 Å². The molecule has 2 saturated carbocycles. The first-order valence-electron chi connectivity index (χ1n) is 12.9. The molecular weight excluding hydrogens is 494 g/mol. The fourth-order valence-corrected chi connectivity index (χ4v) is 7.26. The Labute approximate surface area is 217 Å². The van der Waals surface area contributed by atoms with Gasteiger partial charge in [0.2, 0.25) is 11.8 Å². The van der Waals surface area contributed by atoms with Gasteiger partial charge in [-0.15, -0.1) is 5.10 Å². The third-order valence-electron chi connectivity index (χ3n) is 7.66. The number of carbonyl (C=O) groups is 2. The van der Waals surface area contributed by atoms with E-state index in [1.165, 1.54) is 4.90 Å². The molecule has 5 rings (SSSR count). The molecule has 2 amide bonds. The highest BCUT2D eigenvalue weighted by atomic mass is 32.2. The average Bonchev–Trinajstić information content (AvgIpc) is 3.42. The Hall–Kier alpha value is -2.79. The molecule has 2 unspecified atom stereocenters. The number of aliphatic hydroxyl groups is 1. The minimum atomic E-state index is -3.45. The van der Waals surface area contributed by atoms with Crippen LogP contribution in [0.5, 0.6) is 0 Å². The van der Waals surface area contributed by atoms with Gasteiger partial charge in [-0.1, -0.05) is 44.2 Å². The summed E-state index contributed by atoms with van der Waals surface area (Å²) in [4.78, 5) is 28.8. The van der Waals surface area contributed by atoms with Crippen molar-refractivity contribution >= 4 is 21.7 Å². The van der Waals surface area contributed by atoms with Crippen LogP contribution in [-0.2, 0) is 19.4 Å². The van der Waals surface area contributed by atoms with Crippen LogP contribution in [0.25, 0.3) is 0 Å². The monoisotopic (exact) mass is 529 g/mol. The van der Waals surface area contributed by atoms with E-state index in [2.05, 4.69) is 15.6 Å². The van der Waals surface area contributed by atoms with Crippen LogP contribution in [0.2, 0.25) is 0 Å². The zero-order valence-electron chi connectivity index (χ0n) is 21.4. The second kappa shape index (κ2) is 9.50. The smallest absolute Gasteiger partial charge is 0.248 e. The van der Waals surface area contributed by atoms with E-state index in [1.54, 1.807) is 35.0 Å². The van der Waals surface area contributed by atoms with Crippen LogP contribution < -0.4 is 5.32 Å². The Kier molecular flexibility index (Phi) is 6.64. The highest BCUT2D eigenvalue weighted by molar-refractivity contribution is 7.92. The molecule has 11 heteroatoms. The molecular formula is C26H35N5O5S. The summed E-state index contributed by atoms with van der Waals surface area (Å²) in [6, 6.07) is 6.52. The van der Waals surface area contributed by atoms with Gasteiger partial charge in [0.05, 0.1) is 21.9 Å². The molecule has 3 fully saturated rings. The third-order valence-corrected chi connectivity index (χ3v) is 9.85. The Morgan fingerprint density at radius 2 is 1.78 bits per heavy atom. The minimum absolute atomic E-state index is 0.0589. The van der Waals surface area contributed by atoms with Gasteiger partial charge in [0.15, 0.2) is 9.84 Å². The van der Waals surface area contributed by atoms with Gasteiger partial charge in [0.25, 0.3) is 0 Å². The second-order valence-electron chi connectivity index (χ2n) is 11.7. The van der Waals surface area contributed by atoms with Crippen LogP contribution in [0.1, 0.15) is 70.5 Å². The predicted molar refractivity (Wildman–Crippen MR) is 135 cm³/mol. The third kappa shape index (κ3) is 5.16. The molecule has 2 aromatic rings. The lowest BCUT2D eigenvalue weighted by Gasteiger charge is -2.37. The lowest BCUT2D eigenvalue weighted by molar-refractivity contribution is -0.144. The van der Waals surface area contributed by atoms with Crippen LogP contribution in [0.4, 0.5) is 0 Å². The minimum Gasteiger partial charge on any atom is -0.391 e. The molecule has 1 aliphatic heterocycles. The van der Waals surface area contributed by atoms with Gasteiger partial charge >= 0.3 is 0 Å². The number of nitrogens with zero attached hydrogens (tertiary/aromatic N) is 4. The lowest BCUT2D eigenvalue weighted by Crippen LogP contribution is -2.55. The zero-order valence-corrected chi connectivity index (χ0v) is 22.3. The average molecular weight is 530 g/mol. The number of hydrogen-bond acceptors (Lipinski definition) is 7. The van der Waals surface area contributed by atoms with E-state index < -0.39 is 38.7 Å². The first kappa shape index (κ1) is 25.8. The molecule has 37 heavy (non-hydrogen) atoms. The summed E-state index contributed by atoms with van der Waals surface area (Å²) in [5.41, 5.74) is 0.371. The maximum absolute atomic E-state index is 13.8. The highest BCUT2D eigenvalue weighted by Crippen LogP contribution is 2.40. The van der Waals surface area contributed by atoms with E-state index in [4.69, 9.17) is 0 Å². The SMILES string of the molecule is CC(C)(C)[C@@H](C(=O)N1CC(O)CC1C(=O)NC1CC(S(=O)(=O)c2ccccc2)C1)n1cc(C2CC2)nn1. The normalized spacial score (nSPS) is 27.0. The molecule has 10 nitrogen and oxygen atoms in total. The predicted octanol–water partition coefficient (Wildman–Crippen LogP) is 1.83. The lowest BCUT2D eigenvalue weighted by atomic mass is 9.85. The van der Waals surface area contributed by atoms with Crippen molar-refractivity contribution in [3.05, 3.63) is 42.2 Å². The maximum atomic E-state index is 13.8. The van der Waals surface area contributed by atoms with Gasteiger partial charge in [-0.05, 0) is 43.2 Å². The number of sulfone groups is 1. The van der Waals surface area contributed by atoms with E-state index in [-0.39, 0.29) is 35.7 Å². The molecule has 0 radical (unpaired) electrons. The van der Waals surface area contributed by atoms with Gasteiger partial charge in [-0.25, -0.2) is 13.1 Å². The van der Waals surface area contributed by atoms with Crippen molar-refractivity contribution in [2.45, 2.75) is 93.2 Å². The Bertz CT molecular complexity index is 1260. The standard InChI is InChI=1S/C26H35N5O5S/c1-26(2,3)23(31-15-21(28-29-31)16-9-10-16)25(34)30-14-18(32)13-22(30)24(33)27-17-11-20(12-17)37(35,36)19-7-5-4-6-8-19/h4-8,15-18,20,22-23,32H,9-14H2,1-3H3,(H,27,33)/t17?,18?,20?,22?,23-/m1/s1. The second-order valence-corrected chi connectivity index (χ2v) is 13.9. The van der Waals surface area contributed by atoms with Crippen LogP contribution in [-0.4, -0.2) is 75.2 Å². The van der Waals surface area contributed by atoms with Crippen molar-refractivity contribution in [1.82, 2.24) is 25.2 Å². The van der Waals surface area contributed by atoms with Crippen LogP contribution in [0, 0.1) is 5.41 Å². The van der Waals surface area contributed by atoms with E-state index in [0.717, 1.165) is 18.5 Å². The molecule has 1 aromatic heterocycles. The number of rotatable bonds is 7. The summed E-state index contributed by atoms with van der Waals surface area (Å²) in [6.07, 6.45) is 3.93. The molecule has 200 valence electrons. The molecule has 0 spiro atoms. The summed E-state index contributed by atoms with van der Waals surface area (Å²) in [5, 5.41) is 21.3. The number of likely N-dealkylation sites (tertiary alicyclic amines) is 1. The quantitative estimate of drug-likeness (QED) is 0.559. The number of carbonyl (C=O) groups excluding carboxylic acids is 2. The van der Waals surface area contributed by atoms with Crippen LogP contribution >= 0.6 is 0 Å². The number of β-amino-alcohol motifs (C(OH)–C–C–N with tert-alkyl or cyclic N) is 1. The van der Waals surface area contributed by atoms with Gasteiger partial charge in [0, 0.05) is 31.1 Å². The van der Waals surface area contributed by atoms with Crippen molar-refractivity contribution in [2.24, 2.45) is 5.41 Å². The summed E-state index contributed by atoms with van der Waals surface area (Å²) in [5.74, 6) is -0.251. The fourth-order valence-electron chi connectivity index (χ4n) is 5.36. The number of aliphatic hydroxyl groups excluding tert-OH is 1. The number of aromatic nitrogens is 3. The van der Waals surface area contributed by atoms with Crippen molar-refractivity contribution in [3.63, 3.8) is 0 Å². The summed E-state index contributed by atoms with van der Waals surface area (Å²) < 4.78 is 27.2. The molecule has 1 saturated heterocycles. The highest BCUT2D eigenvalue weighted by Gasteiger charge is 2.47. The zero-order chi connectivity index (χ0) is 26.5. The van der Waals surface area contributed by atoms with E-state index in [0.29, 0.717) is 18.8 Å². The van der Waals surface area contributed by atoms with Crippen LogP contribution in [0.3, 0.4) is 0 Å². The number of amides is 2. The first-order chi connectivity index (χ1) is 17.4. The van der Waals surface area contributed by atoms with Gasteiger partial charge in [-0.3, -0.25) is 9.59 Å². The van der Waals surface area contributed by atoms with Gasteiger partial charge < -0.3 is 15.3 Å². The first-order valence-corrected chi connectivity index (χ1v) is 14.5. The van der Waals surface area contributed by atoms with Gasteiger partial charge in [0.1, 0.15) is 12.1 Å². The summed E-state index contributed by atoms with van der Waals surface area (Å²) in [7, 11) is -3.45. The number of benzene rings is 1.